The van der Waals surface area contributed by atoms with Gasteiger partial charge in [-0.15, -0.1) is 0 Å². The van der Waals surface area contributed by atoms with Gasteiger partial charge in [-0.3, -0.25) is 5.32 Å². The van der Waals surface area contributed by atoms with Crippen LogP contribution in [0.3, 0.4) is 0 Å². The first-order valence-electron chi connectivity index (χ1n) is 13.6. The fraction of sp³-hybridized carbons (Fsp3) is 0.294. The van der Waals surface area contributed by atoms with Crippen molar-refractivity contribution in [3.63, 3.8) is 0 Å². The van der Waals surface area contributed by atoms with E-state index in [0.717, 1.165) is 12.0 Å². The molecule has 1 atom stereocenters. The minimum absolute atomic E-state index is 0.0174. The standard InChI is InChI=1S/C34H40BrNO2Si/c1-33(2,3)39(4,5)38-25-30(23-26-21-22-32(37)31(35)24-26)36-34(27-15-9-6-10-16-27,28-17-11-7-12-18-28)29-19-13-8-14-20-29/h6-22,24,30,36-37H,23,25H2,1-5H3. The van der Waals surface area contributed by atoms with Crippen molar-refractivity contribution >= 4 is 24.2 Å². The number of benzene rings is 4. The summed E-state index contributed by atoms with van der Waals surface area (Å²) in [6.45, 7) is 12.0. The Bertz CT molecular complexity index is 1240. The lowest BCUT2D eigenvalue weighted by atomic mass is 9.76. The van der Waals surface area contributed by atoms with E-state index in [0.29, 0.717) is 11.1 Å². The highest BCUT2D eigenvalue weighted by Crippen LogP contribution is 2.39. The van der Waals surface area contributed by atoms with Crippen LogP contribution < -0.4 is 5.32 Å². The van der Waals surface area contributed by atoms with E-state index < -0.39 is 13.9 Å². The largest absolute Gasteiger partial charge is 0.507 e. The predicted octanol–water partition coefficient (Wildman–Crippen LogP) is 8.67. The van der Waals surface area contributed by atoms with E-state index in [9.17, 15) is 5.11 Å². The average Bonchev–Trinajstić information content (AvgIpc) is 2.93. The molecule has 39 heavy (non-hydrogen) atoms. The van der Waals surface area contributed by atoms with Gasteiger partial charge in [0.25, 0.3) is 0 Å². The minimum Gasteiger partial charge on any atom is -0.507 e. The van der Waals surface area contributed by atoms with Gasteiger partial charge in [-0.2, -0.15) is 0 Å². The van der Waals surface area contributed by atoms with Crippen molar-refractivity contribution in [2.24, 2.45) is 0 Å². The molecule has 5 heteroatoms. The molecule has 2 N–H and O–H groups in total. The maximum Gasteiger partial charge on any atom is 0.192 e. The molecule has 4 aromatic carbocycles. The molecule has 0 aliphatic rings. The van der Waals surface area contributed by atoms with E-state index in [4.69, 9.17) is 4.43 Å². The topological polar surface area (TPSA) is 41.5 Å². The third kappa shape index (κ3) is 6.72. The van der Waals surface area contributed by atoms with Gasteiger partial charge in [0.2, 0.25) is 0 Å². The van der Waals surface area contributed by atoms with Crippen LogP contribution in [0.2, 0.25) is 18.1 Å². The Hall–Kier alpha value is -2.70. The summed E-state index contributed by atoms with van der Waals surface area (Å²) >= 11 is 3.51. The third-order valence-corrected chi connectivity index (χ3v) is 13.1. The number of nitrogens with one attached hydrogen (secondary N) is 1. The highest BCUT2D eigenvalue weighted by Gasteiger charge is 2.41. The molecule has 4 rings (SSSR count). The first kappa shape index (κ1) is 29.3. The minimum atomic E-state index is -2.01. The molecule has 0 spiro atoms. The van der Waals surface area contributed by atoms with Gasteiger partial charge >= 0.3 is 0 Å². The Kier molecular flexibility index (Phi) is 9.17. The van der Waals surface area contributed by atoms with Crippen LogP contribution in [0.25, 0.3) is 0 Å². The number of phenolic OH excluding ortho intramolecular Hbond substituents is 1. The molecule has 0 amide bonds. The molecule has 0 radical (unpaired) electrons. The zero-order valence-corrected chi connectivity index (χ0v) is 26.2. The molecule has 3 nitrogen and oxygen atoms in total. The van der Waals surface area contributed by atoms with Gasteiger partial charge in [-0.1, -0.05) is 118 Å². The summed E-state index contributed by atoms with van der Waals surface area (Å²) in [5.74, 6) is 0.244. The average molecular weight is 603 g/mol. The van der Waals surface area contributed by atoms with Gasteiger partial charge in [-0.25, -0.2) is 0 Å². The zero-order chi connectivity index (χ0) is 28.1. The lowest BCUT2D eigenvalue weighted by molar-refractivity contribution is 0.222. The third-order valence-electron chi connectivity index (χ3n) is 7.99. The van der Waals surface area contributed by atoms with Crippen LogP contribution in [0, 0.1) is 0 Å². The molecule has 1 unspecified atom stereocenters. The van der Waals surface area contributed by atoms with E-state index in [1.807, 2.05) is 12.1 Å². The summed E-state index contributed by atoms with van der Waals surface area (Å²) in [4.78, 5) is 0. The Balaban J connectivity index is 1.85. The van der Waals surface area contributed by atoms with Gasteiger partial charge < -0.3 is 9.53 Å². The Morgan fingerprint density at radius 1 is 0.769 bits per heavy atom. The maximum absolute atomic E-state index is 10.1. The second-order valence-electron chi connectivity index (χ2n) is 11.8. The normalized spacial score (nSPS) is 13.3. The zero-order valence-electron chi connectivity index (χ0n) is 23.6. The van der Waals surface area contributed by atoms with Crippen LogP contribution in [0.5, 0.6) is 5.75 Å². The first-order chi connectivity index (χ1) is 18.5. The quantitative estimate of drug-likeness (QED) is 0.141. The lowest BCUT2D eigenvalue weighted by Crippen LogP contribution is -2.54. The first-order valence-corrected chi connectivity index (χ1v) is 17.3. The highest BCUT2D eigenvalue weighted by atomic mass is 79.9. The summed E-state index contributed by atoms with van der Waals surface area (Å²) < 4.78 is 7.55. The smallest absolute Gasteiger partial charge is 0.192 e. The van der Waals surface area contributed by atoms with E-state index in [2.05, 4.69) is 146 Å². The van der Waals surface area contributed by atoms with Crippen molar-refractivity contribution in [1.29, 1.82) is 0 Å². The number of halogens is 1. The number of hydrogen-bond acceptors (Lipinski definition) is 3. The number of hydrogen-bond donors (Lipinski definition) is 2. The van der Waals surface area contributed by atoms with Crippen molar-refractivity contribution in [2.45, 2.75) is 56.9 Å². The van der Waals surface area contributed by atoms with Gasteiger partial charge in [0, 0.05) is 12.6 Å². The summed E-state index contributed by atoms with van der Waals surface area (Å²) in [7, 11) is -2.01. The summed E-state index contributed by atoms with van der Waals surface area (Å²) in [6.07, 6.45) is 0.738. The summed E-state index contributed by atoms with van der Waals surface area (Å²) in [5.41, 5.74) is 4.04. The molecule has 0 fully saturated rings. The van der Waals surface area contributed by atoms with Gasteiger partial charge in [0.15, 0.2) is 8.32 Å². The fourth-order valence-electron chi connectivity index (χ4n) is 4.76. The summed E-state index contributed by atoms with van der Waals surface area (Å²) in [5, 5.41) is 14.4. The van der Waals surface area contributed by atoms with Crippen molar-refractivity contribution in [3.05, 3.63) is 136 Å². The Morgan fingerprint density at radius 3 is 1.64 bits per heavy atom. The second-order valence-corrected chi connectivity index (χ2v) is 17.4. The predicted molar refractivity (Wildman–Crippen MR) is 169 cm³/mol. The molecule has 0 bridgehead atoms. The SMILES string of the molecule is CC(C)(C)[Si](C)(C)OCC(Cc1ccc(O)c(Br)c1)NC(c1ccccc1)(c1ccccc1)c1ccccc1. The van der Waals surface area contributed by atoms with Crippen molar-refractivity contribution in [1.82, 2.24) is 5.32 Å². The number of phenols is 1. The molecule has 0 saturated heterocycles. The monoisotopic (exact) mass is 601 g/mol. The molecule has 204 valence electrons. The van der Waals surface area contributed by atoms with Crippen molar-refractivity contribution in [2.75, 3.05) is 6.61 Å². The molecule has 0 heterocycles. The van der Waals surface area contributed by atoms with E-state index in [1.54, 1.807) is 6.07 Å². The maximum atomic E-state index is 10.1. The van der Waals surface area contributed by atoms with Crippen LogP contribution >= 0.6 is 15.9 Å². The van der Waals surface area contributed by atoms with E-state index in [1.165, 1.54) is 16.7 Å². The molecule has 0 aliphatic carbocycles. The highest BCUT2D eigenvalue weighted by molar-refractivity contribution is 9.10. The molecule has 4 aromatic rings. The van der Waals surface area contributed by atoms with Crippen LogP contribution in [0.4, 0.5) is 0 Å². The van der Waals surface area contributed by atoms with Crippen LogP contribution in [-0.4, -0.2) is 26.1 Å². The van der Waals surface area contributed by atoms with E-state index in [-0.39, 0.29) is 16.8 Å². The molecule has 0 aromatic heterocycles. The van der Waals surface area contributed by atoms with Crippen LogP contribution in [-0.2, 0) is 16.4 Å². The Morgan fingerprint density at radius 2 is 1.23 bits per heavy atom. The van der Waals surface area contributed by atoms with Crippen LogP contribution in [0.15, 0.2) is 114 Å². The van der Waals surface area contributed by atoms with Gasteiger partial charge in [-0.05, 0) is 74.9 Å². The molecular formula is C34H40BrNO2Si. The molecule has 0 aliphatic heterocycles. The molecule has 0 saturated carbocycles. The van der Waals surface area contributed by atoms with Crippen LogP contribution in [0.1, 0.15) is 43.0 Å². The lowest BCUT2D eigenvalue weighted by Gasteiger charge is -2.42. The Labute approximate surface area is 243 Å². The number of aromatic hydroxyl groups is 1. The van der Waals surface area contributed by atoms with E-state index >= 15 is 0 Å². The van der Waals surface area contributed by atoms with Crippen molar-refractivity contribution < 1.29 is 9.53 Å². The molecular weight excluding hydrogens is 562 g/mol. The van der Waals surface area contributed by atoms with Gasteiger partial charge in [0.05, 0.1) is 10.0 Å². The number of rotatable bonds is 10. The fourth-order valence-corrected chi connectivity index (χ4v) is 6.24. The van der Waals surface area contributed by atoms with Crippen molar-refractivity contribution in [3.8, 4) is 5.75 Å². The second kappa shape index (κ2) is 12.2. The van der Waals surface area contributed by atoms with Gasteiger partial charge in [0.1, 0.15) is 5.75 Å². The summed E-state index contributed by atoms with van der Waals surface area (Å²) in [6, 6.07) is 37.8.